The molecule has 0 aromatic rings. The molecule has 0 aromatic heterocycles. The van der Waals surface area contributed by atoms with Gasteiger partial charge in [0, 0.05) is 5.41 Å². The summed E-state index contributed by atoms with van der Waals surface area (Å²) >= 11 is 0. The zero-order valence-electron chi connectivity index (χ0n) is 6.45. The van der Waals surface area contributed by atoms with Gasteiger partial charge in [0.2, 0.25) is 0 Å². The molecule has 0 spiro atoms. The Morgan fingerprint density at radius 3 is 1.25 bits per heavy atom. The van der Waals surface area contributed by atoms with Crippen LogP contribution in [-0.2, 0) is 0 Å². The Balaban J connectivity index is 0. The summed E-state index contributed by atoms with van der Waals surface area (Å²) in [5.41, 5.74) is -0.153. The minimum absolute atomic E-state index is 0.153. The van der Waals surface area contributed by atoms with Crippen molar-refractivity contribution in [2.75, 3.05) is 0 Å². The lowest BCUT2D eigenvalue weighted by Crippen LogP contribution is -1.97. The molecule has 0 heterocycles. The molecule has 0 fully saturated rings. The van der Waals surface area contributed by atoms with Crippen LogP contribution in [0.3, 0.4) is 0 Å². The van der Waals surface area contributed by atoms with Crippen LogP contribution in [0.4, 0.5) is 0 Å². The summed E-state index contributed by atoms with van der Waals surface area (Å²) in [4.78, 5) is 0. The second kappa shape index (κ2) is 4.64. The van der Waals surface area contributed by atoms with Crippen LogP contribution in [0, 0.1) is 16.7 Å². The number of nitrogens with zero attached hydrogens (tertiary/aromatic N) is 1. The van der Waals surface area contributed by atoms with E-state index in [1.807, 2.05) is 34.6 Å². The summed E-state index contributed by atoms with van der Waals surface area (Å²) in [6, 6.07) is 2.10. The first-order valence-electron chi connectivity index (χ1n) is 2.97. The maximum absolute atomic E-state index is 8.15. The number of rotatable bonds is 0. The fourth-order valence-corrected chi connectivity index (χ4v) is 0. The summed E-state index contributed by atoms with van der Waals surface area (Å²) in [6.07, 6.45) is 0. The molecular formula is C7H15N. The lowest BCUT2D eigenvalue weighted by atomic mass is 10.0. The van der Waals surface area contributed by atoms with Crippen molar-refractivity contribution in [3.8, 4) is 6.07 Å². The molecule has 0 aliphatic rings. The Morgan fingerprint density at radius 1 is 1.12 bits per heavy atom. The second-order valence-corrected chi connectivity index (χ2v) is 2.36. The van der Waals surface area contributed by atoms with E-state index in [2.05, 4.69) is 6.07 Å². The number of nitriles is 1. The van der Waals surface area contributed by atoms with Gasteiger partial charge >= 0.3 is 0 Å². The van der Waals surface area contributed by atoms with Gasteiger partial charge in [0.1, 0.15) is 0 Å². The van der Waals surface area contributed by atoms with Gasteiger partial charge < -0.3 is 0 Å². The first kappa shape index (κ1) is 10.5. The van der Waals surface area contributed by atoms with Crippen LogP contribution in [0.15, 0.2) is 0 Å². The highest BCUT2D eigenvalue weighted by atomic mass is 14.3. The third kappa shape index (κ3) is 17.9. The average Bonchev–Trinajstić information content (AvgIpc) is 1.71. The van der Waals surface area contributed by atoms with Crippen LogP contribution >= 0.6 is 0 Å². The molecule has 0 rings (SSSR count). The minimum atomic E-state index is -0.153. The van der Waals surface area contributed by atoms with E-state index in [-0.39, 0.29) is 5.41 Å². The monoisotopic (exact) mass is 113 g/mol. The van der Waals surface area contributed by atoms with Gasteiger partial charge in [-0.1, -0.05) is 13.8 Å². The van der Waals surface area contributed by atoms with Gasteiger partial charge in [0.15, 0.2) is 0 Å². The molecule has 0 unspecified atom stereocenters. The van der Waals surface area contributed by atoms with Crippen molar-refractivity contribution in [2.45, 2.75) is 34.6 Å². The lowest BCUT2D eigenvalue weighted by Gasteiger charge is -2.01. The van der Waals surface area contributed by atoms with Crippen LogP contribution in [-0.4, -0.2) is 0 Å². The predicted molar refractivity (Wildman–Crippen MR) is 36.4 cm³/mol. The Bertz CT molecular complexity index is 71.4. The molecule has 0 N–H and O–H groups in total. The first-order chi connectivity index (χ1) is 3.56. The van der Waals surface area contributed by atoms with Crippen LogP contribution in [0.25, 0.3) is 0 Å². The van der Waals surface area contributed by atoms with Crippen molar-refractivity contribution in [3.63, 3.8) is 0 Å². The molecule has 0 radical (unpaired) electrons. The predicted octanol–water partition coefficient (Wildman–Crippen LogP) is 2.58. The van der Waals surface area contributed by atoms with Gasteiger partial charge in [-0.2, -0.15) is 5.26 Å². The molecular weight excluding hydrogens is 98.1 g/mol. The smallest absolute Gasteiger partial charge is 0.0680 e. The molecule has 1 nitrogen and oxygen atoms in total. The lowest BCUT2D eigenvalue weighted by molar-refractivity contribution is 0.561. The van der Waals surface area contributed by atoms with Crippen LogP contribution < -0.4 is 0 Å². The Hall–Kier alpha value is -0.510. The van der Waals surface area contributed by atoms with E-state index in [1.165, 1.54) is 0 Å². The van der Waals surface area contributed by atoms with Gasteiger partial charge in [-0.05, 0) is 20.8 Å². The quantitative estimate of drug-likeness (QED) is 0.473. The van der Waals surface area contributed by atoms with E-state index < -0.39 is 0 Å². The normalized spacial score (nSPS) is 8.50. The van der Waals surface area contributed by atoms with Gasteiger partial charge in [-0.15, -0.1) is 0 Å². The third-order valence-corrected chi connectivity index (χ3v) is 0.335. The largest absolute Gasteiger partial charge is 0.198 e. The highest BCUT2D eigenvalue weighted by Crippen LogP contribution is 2.08. The Kier molecular flexibility index (Phi) is 6.08. The molecule has 0 amide bonds. The topological polar surface area (TPSA) is 23.8 Å². The standard InChI is InChI=1S/C5H9N.C2H6/c1-5(2,3)4-6;1-2/h1-3H3;1-2H3. The molecule has 1 heteroatoms. The number of hydrogen-bond donors (Lipinski definition) is 0. The van der Waals surface area contributed by atoms with Gasteiger partial charge in [0.25, 0.3) is 0 Å². The summed E-state index contributed by atoms with van der Waals surface area (Å²) in [7, 11) is 0. The Morgan fingerprint density at radius 2 is 1.25 bits per heavy atom. The second-order valence-electron chi connectivity index (χ2n) is 2.36. The van der Waals surface area contributed by atoms with E-state index >= 15 is 0 Å². The van der Waals surface area contributed by atoms with Gasteiger partial charge in [-0.3, -0.25) is 0 Å². The third-order valence-electron chi connectivity index (χ3n) is 0.335. The van der Waals surface area contributed by atoms with Crippen molar-refractivity contribution >= 4 is 0 Å². The molecule has 0 aliphatic heterocycles. The maximum Gasteiger partial charge on any atom is 0.0680 e. The zero-order valence-corrected chi connectivity index (χ0v) is 6.45. The zero-order chi connectivity index (χ0) is 7.21. The first-order valence-corrected chi connectivity index (χ1v) is 2.97. The number of hydrogen-bond acceptors (Lipinski definition) is 1. The van der Waals surface area contributed by atoms with E-state index in [4.69, 9.17) is 5.26 Å². The van der Waals surface area contributed by atoms with E-state index in [1.54, 1.807) is 0 Å². The summed E-state index contributed by atoms with van der Waals surface area (Å²) < 4.78 is 0. The summed E-state index contributed by atoms with van der Waals surface area (Å²) in [5, 5.41) is 8.15. The van der Waals surface area contributed by atoms with Crippen LogP contribution in [0.5, 0.6) is 0 Å². The van der Waals surface area contributed by atoms with E-state index in [0.29, 0.717) is 0 Å². The molecule has 0 aromatic carbocycles. The highest BCUT2D eigenvalue weighted by molar-refractivity contribution is 4.86. The van der Waals surface area contributed by atoms with Gasteiger partial charge in [-0.25, -0.2) is 0 Å². The molecule has 8 heavy (non-hydrogen) atoms. The van der Waals surface area contributed by atoms with Crippen molar-refractivity contribution in [1.82, 2.24) is 0 Å². The Labute approximate surface area is 52.3 Å². The van der Waals surface area contributed by atoms with E-state index in [0.717, 1.165) is 0 Å². The van der Waals surface area contributed by atoms with Gasteiger partial charge in [0.05, 0.1) is 6.07 Å². The fourth-order valence-electron chi connectivity index (χ4n) is 0. The van der Waals surface area contributed by atoms with Crippen molar-refractivity contribution in [1.29, 1.82) is 5.26 Å². The molecule has 0 saturated carbocycles. The van der Waals surface area contributed by atoms with Crippen molar-refractivity contribution in [3.05, 3.63) is 0 Å². The molecule has 48 valence electrons. The fraction of sp³-hybridized carbons (Fsp3) is 0.857. The molecule has 0 aliphatic carbocycles. The molecule has 0 bridgehead atoms. The van der Waals surface area contributed by atoms with Crippen molar-refractivity contribution < 1.29 is 0 Å². The average molecular weight is 113 g/mol. The van der Waals surface area contributed by atoms with Crippen LogP contribution in [0.1, 0.15) is 34.6 Å². The van der Waals surface area contributed by atoms with Crippen LogP contribution in [0.2, 0.25) is 0 Å². The summed E-state index contributed by atoms with van der Waals surface area (Å²) in [5.74, 6) is 0. The highest BCUT2D eigenvalue weighted by Gasteiger charge is 2.04. The SMILES string of the molecule is CC.CC(C)(C)C#N. The van der Waals surface area contributed by atoms with Crippen molar-refractivity contribution in [2.24, 2.45) is 5.41 Å². The molecule has 0 saturated heterocycles. The van der Waals surface area contributed by atoms with E-state index in [9.17, 15) is 0 Å². The maximum atomic E-state index is 8.15. The molecule has 0 atom stereocenters. The summed E-state index contributed by atoms with van der Waals surface area (Å²) in [6.45, 7) is 9.65. The minimum Gasteiger partial charge on any atom is -0.198 e.